The quantitative estimate of drug-likeness (QED) is 0.665. The molecule has 29 heavy (non-hydrogen) atoms. The Balaban J connectivity index is 1.36. The van der Waals surface area contributed by atoms with Crippen LogP contribution in [0.15, 0.2) is 22.8 Å². The highest BCUT2D eigenvalue weighted by atomic mass is 32.2. The molecule has 156 valence electrons. The molecule has 1 aromatic heterocycles. The van der Waals surface area contributed by atoms with Gasteiger partial charge in [0.1, 0.15) is 5.58 Å². The highest BCUT2D eigenvalue weighted by Gasteiger charge is 2.34. The summed E-state index contributed by atoms with van der Waals surface area (Å²) in [6, 6.07) is 3.80. The molecule has 0 bridgehead atoms. The van der Waals surface area contributed by atoms with Gasteiger partial charge in [0, 0.05) is 23.5 Å². The van der Waals surface area contributed by atoms with E-state index in [1.165, 1.54) is 16.0 Å². The zero-order valence-electron chi connectivity index (χ0n) is 16.5. The van der Waals surface area contributed by atoms with Gasteiger partial charge in [-0.1, -0.05) is 0 Å². The number of rotatable bonds is 6. The van der Waals surface area contributed by atoms with Crippen LogP contribution in [0, 0.1) is 0 Å². The number of benzene rings is 1. The molecule has 4 rings (SSSR count). The van der Waals surface area contributed by atoms with E-state index in [0.29, 0.717) is 13.0 Å². The number of likely N-dealkylation sites (N-methyl/N-ethyl adjacent to an activating group) is 1. The Hall–Kier alpha value is -2.35. The standard InChI is InChI=1S/C21H25NO6S/c1-2-22(17-6-7-29(25,26)13-17)20(23)12-28-21(24)10-16-11-27-19-9-15-5-3-4-14(15)8-18(16)19/h8-9,11,17H,2-7,10,12-13H2,1H3/t17-/m1/s1. The topological polar surface area (TPSA) is 93.9 Å². The summed E-state index contributed by atoms with van der Waals surface area (Å²) in [6.07, 6.45) is 5.27. The minimum atomic E-state index is -3.09. The SMILES string of the molecule is CCN(C(=O)COC(=O)Cc1coc2cc3c(cc12)CCC3)[C@@H]1CCS(=O)(=O)C1. The maximum atomic E-state index is 12.5. The third-order valence-corrected chi connectivity index (χ3v) is 7.62. The molecule has 2 aromatic rings. The Morgan fingerprint density at radius 3 is 2.69 bits per heavy atom. The normalized spacial score (nSPS) is 20.0. The van der Waals surface area contributed by atoms with Gasteiger partial charge in [-0.3, -0.25) is 9.59 Å². The summed E-state index contributed by atoms with van der Waals surface area (Å²) in [6.45, 7) is 1.79. The number of sulfone groups is 1. The number of hydrogen-bond donors (Lipinski definition) is 0. The van der Waals surface area contributed by atoms with Gasteiger partial charge in [-0.2, -0.15) is 0 Å². The van der Waals surface area contributed by atoms with E-state index in [9.17, 15) is 18.0 Å². The molecule has 1 amide bonds. The van der Waals surface area contributed by atoms with Crippen molar-refractivity contribution in [2.45, 2.75) is 45.1 Å². The smallest absolute Gasteiger partial charge is 0.310 e. The summed E-state index contributed by atoms with van der Waals surface area (Å²) in [5.74, 6) is -0.792. The van der Waals surface area contributed by atoms with Gasteiger partial charge in [-0.15, -0.1) is 0 Å². The predicted molar refractivity (Wildman–Crippen MR) is 107 cm³/mol. The zero-order valence-corrected chi connectivity index (χ0v) is 17.3. The number of aryl methyl sites for hydroxylation is 2. The average Bonchev–Trinajstić information content (AvgIpc) is 3.38. The van der Waals surface area contributed by atoms with Crippen molar-refractivity contribution in [1.82, 2.24) is 4.90 Å². The van der Waals surface area contributed by atoms with E-state index in [1.54, 1.807) is 13.2 Å². The van der Waals surface area contributed by atoms with Gasteiger partial charge in [0.2, 0.25) is 0 Å². The summed E-state index contributed by atoms with van der Waals surface area (Å²) >= 11 is 0. The van der Waals surface area contributed by atoms with Gasteiger partial charge in [0.15, 0.2) is 16.4 Å². The van der Waals surface area contributed by atoms with Crippen molar-refractivity contribution in [2.24, 2.45) is 0 Å². The van der Waals surface area contributed by atoms with E-state index >= 15 is 0 Å². The van der Waals surface area contributed by atoms with Crippen LogP contribution in [-0.2, 0) is 43.4 Å². The van der Waals surface area contributed by atoms with Crippen molar-refractivity contribution < 1.29 is 27.2 Å². The van der Waals surface area contributed by atoms with Crippen LogP contribution in [0.3, 0.4) is 0 Å². The first-order chi connectivity index (χ1) is 13.9. The van der Waals surface area contributed by atoms with Gasteiger partial charge in [-0.25, -0.2) is 8.42 Å². The summed E-state index contributed by atoms with van der Waals surface area (Å²) in [5, 5.41) is 0.917. The van der Waals surface area contributed by atoms with Crippen LogP contribution in [0.4, 0.5) is 0 Å². The third kappa shape index (κ3) is 4.17. The molecule has 0 saturated carbocycles. The molecule has 1 fully saturated rings. The summed E-state index contributed by atoms with van der Waals surface area (Å²) in [4.78, 5) is 26.2. The Labute approximate surface area is 169 Å². The number of hydrogen-bond acceptors (Lipinski definition) is 6. The van der Waals surface area contributed by atoms with Gasteiger partial charge >= 0.3 is 5.97 Å². The number of esters is 1. The lowest BCUT2D eigenvalue weighted by Gasteiger charge is -2.26. The number of nitrogens with zero attached hydrogens (tertiary/aromatic N) is 1. The minimum absolute atomic E-state index is 0.0220. The Morgan fingerprint density at radius 2 is 2.00 bits per heavy atom. The number of amides is 1. The fraction of sp³-hybridized carbons (Fsp3) is 0.524. The van der Waals surface area contributed by atoms with Crippen LogP contribution in [0.25, 0.3) is 11.0 Å². The fourth-order valence-electron chi connectivity index (χ4n) is 4.38. The van der Waals surface area contributed by atoms with E-state index in [0.717, 1.165) is 35.8 Å². The first-order valence-electron chi connectivity index (χ1n) is 10.0. The second-order valence-corrected chi connectivity index (χ2v) is 10.0. The molecule has 1 aliphatic heterocycles. The second kappa shape index (κ2) is 7.82. The van der Waals surface area contributed by atoms with E-state index < -0.39 is 15.8 Å². The molecule has 1 aliphatic carbocycles. The van der Waals surface area contributed by atoms with Crippen LogP contribution in [-0.4, -0.2) is 55.9 Å². The highest BCUT2D eigenvalue weighted by molar-refractivity contribution is 7.91. The number of fused-ring (bicyclic) bond motifs is 2. The molecule has 7 nitrogen and oxygen atoms in total. The molecule has 0 spiro atoms. The lowest BCUT2D eigenvalue weighted by atomic mass is 10.0. The van der Waals surface area contributed by atoms with Crippen molar-refractivity contribution in [2.75, 3.05) is 24.7 Å². The average molecular weight is 419 g/mol. The Morgan fingerprint density at radius 1 is 1.24 bits per heavy atom. The van der Waals surface area contributed by atoms with Crippen LogP contribution in [0.2, 0.25) is 0 Å². The molecule has 0 radical (unpaired) electrons. The lowest BCUT2D eigenvalue weighted by Crippen LogP contribution is -2.43. The largest absolute Gasteiger partial charge is 0.464 e. The summed E-state index contributed by atoms with van der Waals surface area (Å²) < 4.78 is 34.1. The molecule has 1 saturated heterocycles. The summed E-state index contributed by atoms with van der Waals surface area (Å²) in [5.41, 5.74) is 4.12. The number of furan rings is 1. The monoisotopic (exact) mass is 419 g/mol. The third-order valence-electron chi connectivity index (χ3n) is 5.87. The van der Waals surface area contributed by atoms with Crippen LogP contribution < -0.4 is 0 Å². The first-order valence-corrected chi connectivity index (χ1v) is 11.9. The molecule has 1 atom stereocenters. The molecule has 2 heterocycles. The second-order valence-electron chi connectivity index (χ2n) is 7.81. The van der Waals surface area contributed by atoms with Crippen molar-refractivity contribution in [3.8, 4) is 0 Å². The molecule has 1 aromatic carbocycles. The Kier molecular flexibility index (Phi) is 5.38. The maximum Gasteiger partial charge on any atom is 0.310 e. The maximum absolute atomic E-state index is 12.5. The number of ether oxygens (including phenoxy) is 1. The van der Waals surface area contributed by atoms with E-state index in [2.05, 4.69) is 6.07 Å². The van der Waals surface area contributed by atoms with Crippen molar-refractivity contribution in [1.29, 1.82) is 0 Å². The Bertz CT molecular complexity index is 1050. The van der Waals surface area contributed by atoms with E-state index in [1.807, 2.05) is 6.07 Å². The zero-order chi connectivity index (χ0) is 20.6. The number of carbonyl (C=O) groups is 2. The van der Waals surface area contributed by atoms with Crippen LogP contribution in [0.1, 0.15) is 36.5 Å². The molecule has 8 heteroatoms. The van der Waals surface area contributed by atoms with Gasteiger partial charge < -0.3 is 14.1 Å². The minimum Gasteiger partial charge on any atom is -0.464 e. The van der Waals surface area contributed by atoms with Crippen LogP contribution in [0.5, 0.6) is 0 Å². The highest BCUT2D eigenvalue weighted by Crippen LogP contribution is 2.30. The molecular weight excluding hydrogens is 394 g/mol. The lowest BCUT2D eigenvalue weighted by molar-refractivity contribution is -0.152. The summed E-state index contributed by atoms with van der Waals surface area (Å²) in [7, 11) is -3.09. The van der Waals surface area contributed by atoms with Crippen molar-refractivity contribution in [3.63, 3.8) is 0 Å². The van der Waals surface area contributed by atoms with Crippen molar-refractivity contribution in [3.05, 3.63) is 35.1 Å². The molecular formula is C21H25NO6S. The molecule has 2 aliphatic rings. The number of carbonyl (C=O) groups excluding carboxylic acids is 2. The molecule has 0 N–H and O–H groups in total. The van der Waals surface area contributed by atoms with E-state index in [4.69, 9.17) is 9.15 Å². The van der Waals surface area contributed by atoms with Gasteiger partial charge in [0.25, 0.3) is 5.91 Å². The van der Waals surface area contributed by atoms with Crippen molar-refractivity contribution >= 4 is 32.7 Å². The molecule has 0 unspecified atom stereocenters. The van der Waals surface area contributed by atoms with Gasteiger partial charge in [-0.05, 0) is 55.9 Å². The van der Waals surface area contributed by atoms with Crippen LogP contribution >= 0.6 is 0 Å². The van der Waals surface area contributed by atoms with Gasteiger partial charge in [0.05, 0.1) is 24.2 Å². The van der Waals surface area contributed by atoms with E-state index in [-0.39, 0.29) is 36.5 Å². The predicted octanol–water partition coefficient (Wildman–Crippen LogP) is 2.04. The first kappa shape index (κ1) is 19.9. The fourth-order valence-corrected chi connectivity index (χ4v) is 6.11.